The van der Waals surface area contributed by atoms with Crippen LogP contribution in [0.15, 0.2) is 24.3 Å². The van der Waals surface area contributed by atoms with Crippen LogP contribution in [-0.2, 0) is 11.2 Å². The molecule has 1 atom stereocenters. The van der Waals surface area contributed by atoms with Gasteiger partial charge in [-0.3, -0.25) is 0 Å². The highest BCUT2D eigenvalue weighted by Crippen LogP contribution is 2.11. The van der Waals surface area contributed by atoms with E-state index < -0.39 is 0 Å². The van der Waals surface area contributed by atoms with Gasteiger partial charge in [0.2, 0.25) is 0 Å². The molecule has 0 saturated heterocycles. The maximum absolute atomic E-state index is 6.00. The maximum atomic E-state index is 6.00. The fourth-order valence-corrected chi connectivity index (χ4v) is 1.76. The largest absolute Gasteiger partial charge is 0.497 e. The Balaban J connectivity index is 2.17. The second-order valence-corrected chi connectivity index (χ2v) is 4.47. The number of alkyl halides is 1. The molecule has 1 aromatic rings. The van der Waals surface area contributed by atoms with Crippen molar-refractivity contribution in [3.8, 4) is 5.75 Å². The lowest BCUT2D eigenvalue weighted by Crippen LogP contribution is -2.27. The zero-order valence-electron chi connectivity index (χ0n) is 10.4. The summed E-state index contributed by atoms with van der Waals surface area (Å²) in [5.41, 5.74) is 1.29. The van der Waals surface area contributed by atoms with E-state index in [4.69, 9.17) is 21.1 Å². The van der Waals surface area contributed by atoms with Crippen molar-refractivity contribution in [2.75, 3.05) is 33.9 Å². The highest BCUT2D eigenvalue weighted by atomic mass is 35.5. The van der Waals surface area contributed by atoms with Crippen molar-refractivity contribution < 1.29 is 9.47 Å². The van der Waals surface area contributed by atoms with E-state index in [9.17, 15) is 0 Å². The van der Waals surface area contributed by atoms with Gasteiger partial charge in [0.15, 0.2) is 0 Å². The number of nitrogens with one attached hydrogen (secondary N) is 1. The Morgan fingerprint density at radius 2 is 1.94 bits per heavy atom. The van der Waals surface area contributed by atoms with Crippen molar-refractivity contribution >= 4 is 11.6 Å². The van der Waals surface area contributed by atoms with Crippen LogP contribution in [0.3, 0.4) is 0 Å². The molecule has 0 fully saturated rings. The lowest BCUT2D eigenvalue weighted by Gasteiger charge is -2.09. The third-order valence-electron chi connectivity index (χ3n) is 2.46. The van der Waals surface area contributed by atoms with E-state index in [-0.39, 0.29) is 5.38 Å². The SMILES string of the molecule is COCC(Cl)CNCCc1ccc(OC)cc1. The molecule has 0 bridgehead atoms. The standard InChI is InChI=1S/C13H20ClNO2/c1-16-10-12(14)9-15-8-7-11-3-5-13(17-2)6-4-11/h3-6,12,15H,7-10H2,1-2H3. The van der Waals surface area contributed by atoms with Gasteiger partial charge in [0.25, 0.3) is 0 Å². The second kappa shape index (κ2) is 8.34. The summed E-state index contributed by atoms with van der Waals surface area (Å²) in [7, 11) is 3.33. The van der Waals surface area contributed by atoms with E-state index >= 15 is 0 Å². The van der Waals surface area contributed by atoms with Crippen LogP contribution in [0.1, 0.15) is 5.56 Å². The number of hydrogen-bond acceptors (Lipinski definition) is 3. The predicted octanol–water partition coefficient (Wildman–Crippen LogP) is 2.08. The van der Waals surface area contributed by atoms with Gasteiger partial charge in [-0.1, -0.05) is 12.1 Å². The van der Waals surface area contributed by atoms with Crippen molar-refractivity contribution in [2.24, 2.45) is 0 Å². The van der Waals surface area contributed by atoms with Crippen LogP contribution in [0.25, 0.3) is 0 Å². The average molecular weight is 258 g/mol. The molecule has 3 nitrogen and oxygen atoms in total. The normalized spacial score (nSPS) is 12.4. The molecule has 4 heteroatoms. The maximum Gasteiger partial charge on any atom is 0.118 e. The number of ether oxygens (including phenoxy) is 2. The molecule has 1 unspecified atom stereocenters. The topological polar surface area (TPSA) is 30.5 Å². The first-order chi connectivity index (χ1) is 8.26. The molecule has 96 valence electrons. The number of hydrogen-bond donors (Lipinski definition) is 1. The van der Waals surface area contributed by atoms with E-state index in [0.717, 1.165) is 25.3 Å². The predicted molar refractivity (Wildman–Crippen MR) is 71.1 cm³/mol. The number of rotatable bonds is 8. The first-order valence-electron chi connectivity index (χ1n) is 5.73. The molecule has 0 radical (unpaired) electrons. The van der Waals surface area contributed by atoms with Crippen molar-refractivity contribution in [2.45, 2.75) is 11.8 Å². The fraction of sp³-hybridized carbons (Fsp3) is 0.538. The Kier molecular flexibility index (Phi) is 7.01. The highest BCUT2D eigenvalue weighted by Gasteiger charge is 2.02. The minimum absolute atomic E-state index is 0.0378. The van der Waals surface area contributed by atoms with E-state index in [0.29, 0.717) is 6.61 Å². The van der Waals surface area contributed by atoms with Crippen LogP contribution in [0.5, 0.6) is 5.75 Å². The lowest BCUT2D eigenvalue weighted by atomic mass is 10.1. The molecule has 0 spiro atoms. The molecule has 0 saturated carbocycles. The minimum Gasteiger partial charge on any atom is -0.497 e. The van der Waals surface area contributed by atoms with Gasteiger partial charge in [-0.25, -0.2) is 0 Å². The van der Waals surface area contributed by atoms with Gasteiger partial charge >= 0.3 is 0 Å². The highest BCUT2D eigenvalue weighted by molar-refractivity contribution is 6.20. The first kappa shape index (κ1) is 14.3. The zero-order valence-corrected chi connectivity index (χ0v) is 11.2. The summed E-state index contributed by atoms with van der Waals surface area (Å²) in [5, 5.41) is 3.34. The summed E-state index contributed by atoms with van der Waals surface area (Å²) < 4.78 is 10.1. The third kappa shape index (κ3) is 5.91. The number of halogens is 1. The van der Waals surface area contributed by atoms with Gasteiger partial charge in [-0.2, -0.15) is 0 Å². The van der Waals surface area contributed by atoms with Crippen molar-refractivity contribution in [3.05, 3.63) is 29.8 Å². The van der Waals surface area contributed by atoms with Crippen LogP contribution in [-0.4, -0.2) is 39.3 Å². The van der Waals surface area contributed by atoms with E-state index in [1.807, 2.05) is 12.1 Å². The quantitative estimate of drug-likeness (QED) is 0.571. The van der Waals surface area contributed by atoms with E-state index in [1.165, 1.54) is 5.56 Å². The molecular formula is C13H20ClNO2. The Hall–Kier alpha value is -0.770. The number of methoxy groups -OCH3 is 2. The average Bonchev–Trinajstić information content (AvgIpc) is 2.36. The summed E-state index contributed by atoms with van der Waals surface area (Å²) in [6, 6.07) is 8.11. The van der Waals surface area contributed by atoms with E-state index in [1.54, 1.807) is 14.2 Å². The third-order valence-corrected chi connectivity index (χ3v) is 2.74. The summed E-state index contributed by atoms with van der Waals surface area (Å²) >= 11 is 6.00. The number of benzene rings is 1. The van der Waals surface area contributed by atoms with Gasteiger partial charge in [0.05, 0.1) is 19.1 Å². The van der Waals surface area contributed by atoms with Crippen molar-refractivity contribution in [1.82, 2.24) is 5.32 Å². The van der Waals surface area contributed by atoms with Gasteiger partial charge in [-0.05, 0) is 30.7 Å². The van der Waals surface area contributed by atoms with Crippen LogP contribution in [0, 0.1) is 0 Å². The second-order valence-electron chi connectivity index (χ2n) is 3.85. The molecule has 0 aliphatic rings. The monoisotopic (exact) mass is 257 g/mol. The summed E-state index contributed by atoms with van der Waals surface area (Å²) in [4.78, 5) is 0. The van der Waals surface area contributed by atoms with Crippen molar-refractivity contribution in [3.63, 3.8) is 0 Å². The van der Waals surface area contributed by atoms with Crippen LogP contribution >= 0.6 is 11.6 Å². The molecule has 1 rings (SSSR count). The van der Waals surface area contributed by atoms with Crippen LogP contribution in [0.2, 0.25) is 0 Å². The molecule has 0 aliphatic carbocycles. The zero-order chi connectivity index (χ0) is 12.5. The van der Waals surface area contributed by atoms with Gasteiger partial charge in [0.1, 0.15) is 5.75 Å². The Bertz CT molecular complexity index is 303. The fourth-order valence-electron chi connectivity index (χ4n) is 1.52. The van der Waals surface area contributed by atoms with Gasteiger partial charge in [0, 0.05) is 13.7 Å². The molecule has 1 N–H and O–H groups in total. The lowest BCUT2D eigenvalue weighted by molar-refractivity contribution is 0.197. The summed E-state index contributed by atoms with van der Waals surface area (Å²) in [5.74, 6) is 0.891. The molecule has 0 amide bonds. The molecular weight excluding hydrogens is 238 g/mol. The van der Waals surface area contributed by atoms with Crippen molar-refractivity contribution in [1.29, 1.82) is 0 Å². The Morgan fingerprint density at radius 1 is 1.24 bits per heavy atom. The van der Waals surface area contributed by atoms with E-state index in [2.05, 4.69) is 17.4 Å². The van der Waals surface area contributed by atoms with Gasteiger partial charge < -0.3 is 14.8 Å². The van der Waals surface area contributed by atoms with Crippen LogP contribution < -0.4 is 10.1 Å². The Labute approximate surface area is 108 Å². The summed E-state index contributed by atoms with van der Waals surface area (Å²) in [6.07, 6.45) is 0.987. The molecule has 0 aromatic heterocycles. The van der Waals surface area contributed by atoms with Gasteiger partial charge in [-0.15, -0.1) is 11.6 Å². The summed E-state index contributed by atoms with van der Waals surface area (Å²) in [6.45, 7) is 2.27. The smallest absolute Gasteiger partial charge is 0.118 e. The minimum atomic E-state index is 0.0378. The Morgan fingerprint density at radius 3 is 2.53 bits per heavy atom. The molecule has 0 heterocycles. The first-order valence-corrected chi connectivity index (χ1v) is 6.16. The van der Waals surface area contributed by atoms with Crippen LogP contribution in [0.4, 0.5) is 0 Å². The molecule has 17 heavy (non-hydrogen) atoms. The molecule has 1 aromatic carbocycles. The molecule has 0 aliphatic heterocycles.